The summed E-state index contributed by atoms with van der Waals surface area (Å²) < 4.78 is 42.9. The van der Waals surface area contributed by atoms with E-state index in [1.165, 1.54) is 4.90 Å². The standard InChI is InChI=1S/C18H19F3N6O/c1-10-12(7-22-26(10)3)9-25(2)17(28)13-8-23-27-15(18(19,20)21)6-14(11-4-5-11)24-16(13)27/h6-8,11H,4-5,9H2,1-3H3. The molecular formula is C18H19F3N6O. The zero-order valence-electron chi connectivity index (χ0n) is 15.7. The summed E-state index contributed by atoms with van der Waals surface area (Å²) in [6.07, 6.45) is -0.157. The van der Waals surface area contributed by atoms with Crippen LogP contribution in [0, 0.1) is 6.92 Å². The van der Waals surface area contributed by atoms with Gasteiger partial charge >= 0.3 is 6.18 Å². The number of fused-ring (bicyclic) bond motifs is 1. The zero-order chi connectivity index (χ0) is 20.2. The third-order valence-electron chi connectivity index (χ3n) is 5.10. The van der Waals surface area contributed by atoms with E-state index in [2.05, 4.69) is 15.2 Å². The van der Waals surface area contributed by atoms with E-state index in [-0.39, 0.29) is 23.7 Å². The molecule has 3 heterocycles. The number of rotatable bonds is 4. The third kappa shape index (κ3) is 3.12. The normalized spacial score (nSPS) is 14.6. The molecule has 0 aromatic carbocycles. The molecule has 0 aliphatic heterocycles. The summed E-state index contributed by atoms with van der Waals surface area (Å²) in [4.78, 5) is 18.7. The van der Waals surface area contributed by atoms with Crippen LogP contribution in [-0.2, 0) is 19.8 Å². The molecule has 28 heavy (non-hydrogen) atoms. The quantitative estimate of drug-likeness (QED) is 0.685. The molecule has 0 spiro atoms. The number of nitrogens with zero attached hydrogens (tertiary/aromatic N) is 6. The minimum atomic E-state index is -4.59. The molecule has 1 aliphatic rings. The van der Waals surface area contributed by atoms with Gasteiger partial charge in [0.2, 0.25) is 0 Å². The molecule has 0 bridgehead atoms. The smallest absolute Gasteiger partial charge is 0.337 e. The lowest BCUT2D eigenvalue weighted by Gasteiger charge is -2.16. The van der Waals surface area contributed by atoms with Crippen LogP contribution in [0.4, 0.5) is 13.2 Å². The average molecular weight is 392 g/mol. The van der Waals surface area contributed by atoms with Crippen LogP contribution in [-0.4, -0.2) is 42.2 Å². The molecule has 3 aromatic rings. The SMILES string of the molecule is Cc1c(CN(C)C(=O)c2cnn3c(C(F)(F)F)cc(C4CC4)nc23)cnn1C. The molecule has 0 atom stereocenters. The van der Waals surface area contributed by atoms with Crippen molar-refractivity contribution in [1.82, 2.24) is 29.3 Å². The lowest BCUT2D eigenvalue weighted by molar-refractivity contribution is -0.142. The van der Waals surface area contributed by atoms with Gasteiger partial charge in [-0.15, -0.1) is 0 Å². The maximum absolute atomic E-state index is 13.5. The van der Waals surface area contributed by atoms with Gasteiger partial charge in [-0.2, -0.15) is 23.4 Å². The van der Waals surface area contributed by atoms with Crippen molar-refractivity contribution in [2.24, 2.45) is 7.05 Å². The van der Waals surface area contributed by atoms with Gasteiger partial charge in [-0.3, -0.25) is 9.48 Å². The van der Waals surface area contributed by atoms with Crippen molar-refractivity contribution in [3.63, 3.8) is 0 Å². The predicted octanol–water partition coefficient (Wildman–Crippen LogP) is 2.94. The number of carbonyl (C=O) groups is 1. The second kappa shape index (κ2) is 6.32. The maximum Gasteiger partial charge on any atom is 0.433 e. The third-order valence-corrected chi connectivity index (χ3v) is 5.10. The van der Waals surface area contributed by atoms with Gasteiger partial charge in [0.15, 0.2) is 5.65 Å². The van der Waals surface area contributed by atoms with Crippen LogP contribution in [0.1, 0.15) is 51.8 Å². The molecule has 1 fully saturated rings. The van der Waals surface area contributed by atoms with Gasteiger partial charge in [0.25, 0.3) is 5.91 Å². The summed E-state index contributed by atoms with van der Waals surface area (Å²) in [5.41, 5.74) is 1.21. The Morgan fingerprint density at radius 3 is 2.57 bits per heavy atom. The molecule has 0 saturated heterocycles. The second-order valence-electron chi connectivity index (χ2n) is 7.17. The van der Waals surface area contributed by atoms with E-state index in [4.69, 9.17) is 0 Å². The fourth-order valence-electron chi connectivity index (χ4n) is 3.15. The first-order valence-corrected chi connectivity index (χ1v) is 8.85. The van der Waals surface area contributed by atoms with Gasteiger partial charge in [0.1, 0.15) is 11.3 Å². The Balaban J connectivity index is 1.73. The molecule has 1 amide bonds. The molecule has 0 N–H and O–H groups in total. The average Bonchev–Trinajstić information content (AvgIpc) is 3.34. The van der Waals surface area contributed by atoms with Crippen molar-refractivity contribution >= 4 is 11.6 Å². The highest BCUT2D eigenvalue weighted by Gasteiger charge is 2.38. The fourth-order valence-corrected chi connectivity index (χ4v) is 3.15. The van der Waals surface area contributed by atoms with Crippen LogP contribution in [0.3, 0.4) is 0 Å². The number of hydrogen-bond donors (Lipinski definition) is 0. The minimum absolute atomic E-state index is 0.0136. The lowest BCUT2D eigenvalue weighted by Crippen LogP contribution is -2.26. The van der Waals surface area contributed by atoms with Gasteiger partial charge in [0.05, 0.1) is 12.4 Å². The van der Waals surface area contributed by atoms with Gasteiger partial charge < -0.3 is 4.90 Å². The molecule has 0 unspecified atom stereocenters. The summed E-state index contributed by atoms with van der Waals surface area (Å²) in [6, 6.07) is 1.04. The van der Waals surface area contributed by atoms with Crippen LogP contribution < -0.4 is 0 Å². The van der Waals surface area contributed by atoms with Crippen molar-refractivity contribution in [2.45, 2.75) is 38.4 Å². The molecule has 0 radical (unpaired) electrons. The lowest BCUT2D eigenvalue weighted by atomic mass is 10.2. The Kier molecular flexibility index (Phi) is 4.16. The van der Waals surface area contributed by atoms with Crippen molar-refractivity contribution < 1.29 is 18.0 Å². The topological polar surface area (TPSA) is 68.3 Å². The summed E-state index contributed by atoms with van der Waals surface area (Å²) in [5.74, 6) is -0.424. The van der Waals surface area contributed by atoms with Gasteiger partial charge in [-0.1, -0.05) is 0 Å². The summed E-state index contributed by atoms with van der Waals surface area (Å²) in [5, 5.41) is 7.95. The largest absolute Gasteiger partial charge is 0.433 e. The highest BCUT2D eigenvalue weighted by molar-refractivity contribution is 5.99. The second-order valence-corrected chi connectivity index (χ2v) is 7.17. The predicted molar refractivity (Wildman–Crippen MR) is 93.7 cm³/mol. The summed E-state index contributed by atoms with van der Waals surface area (Å²) >= 11 is 0. The Labute approximate surface area is 158 Å². The van der Waals surface area contributed by atoms with Crippen molar-refractivity contribution in [2.75, 3.05) is 7.05 Å². The Hall–Kier alpha value is -2.91. The van der Waals surface area contributed by atoms with E-state index in [0.29, 0.717) is 10.2 Å². The number of amides is 1. The highest BCUT2D eigenvalue weighted by atomic mass is 19.4. The maximum atomic E-state index is 13.5. The first-order chi connectivity index (χ1) is 13.2. The van der Waals surface area contributed by atoms with E-state index in [1.807, 2.05) is 6.92 Å². The van der Waals surface area contributed by atoms with E-state index in [0.717, 1.165) is 36.4 Å². The number of halogens is 3. The van der Waals surface area contributed by atoms with Crippen molar-refractivity contribution in [1.29, 1.82) is 0 Å². The molecule has 148 valence electrons. The Bertz CT molecular complexity index is 1060. The monoisotopic (exact) mass is 392 g/mol. The van der Waals surface area contributed by atoms with Gasteiger partial charge in [-0.05, 0) is 25.8 Å². The van der Waals surface area contributed by atoms with Crippen LogP contribution in [0.5, 0.6) is 0 Å². The van der Waals surface area contributed by atoms with Crippen LogP contribution >= 0.6 is 0 Å². The fraction of sp³-hybridized carbons (Fsp3) is 0.444. The number of aryl methyl sites for hydroxylation is 1. The van der Waals surface area contributed by atoms with Crippen LogP contribution in [0.15, 0.2) is 18.5 Å². The van der Waals surface area contributed by atoms with Gasteiger partial charge in [0, 0.05) is 43.5 Å². The van der Waals surface area contributed by atoms with Gasteiger partial charge in [-0.25, -0.2) is 9.50 Å². The zero-order valence-corrected chi connectivity index (χ0v) is 15.7. The first kappa shape index (κ1) is 18.5. The number of hydrogen-bond acceptors (Lipinski definition) is 4. The first-order valence-electron chi connectivity index (χ1n) is 8.85. The molecule has 1 aliphatic carbocycles. The Morgan fingerprint density at radius 1 is 1.29 bits per heavy atom. The van der Waals surface area contributed by atoms with Crippen LogP contribution in [0.25, 0.3) is 5.65 Å². The number of carbonyl (C=O) groups excluding carboxylic acids is 1. The summed E-state index contributed by atoms with van der Waals surface area (Å²) in [7, 11) is 3.39. The highest BCUT2D eigenvalue weighted by Crippen LogP contribution is 2.41. The molecule has 4 rings (SSSR count). The minimum Gasteiger partial charge on any atom is -0.337 e. The molecule has 7 nitrogen and oxygen atoms in total. The molecule has 10 heteroatoms. The van der Waals surface area contributed by atoms with E-state index in [9.17, 15) is 18.0 Å². The van der Waals surface area contributed by atoms with E-state index in [1.54, 1.807) is 25.0 Å². The van der Waals surface area contributed by atoms with Crippen molar-refractivity contribution in [3.05, 3.63) is 46.7 Å². The summed E-state index contributed by atoms with van der Waals surface area (Å²) in [6.45, 7) is 2.17. The van der Waals surface area contributed by atoms with Crippen LogP contribution in [0.2, 0.25) is 0 Å². The van der Waals surface area contributed by atoms with E-state index >= 15 is 0 Å². The molecular weight excluding hydrogens is 373 g/mol. The number of alkyl halides is 3. The van der Waals surface area contributed by atoms with E-state index < -0.39 is 17.8 Å². The molecule has 3 aromatic heterocycles. The molecule has 1 saturated carbocycles. The number of aromatic nitrogens is 5. The van der Waals surface area contributed by atoms with Crippen molar-refractivity contribution in [3.8, 4) is 0 Å². The Morgan fingerprint density at radius 2 is 2.00 bits per heavy atom.